The zero-order chi connectivity index (χ0) is 6.69. The highest BCUT2D eigenvalue weighted by atomic mass is 16.3. The van der Waals surface area contributed by atoms with Gasteiger partial charge >= 0.3 is 0 Å². The lowest BCUT2D eigenvalue weighted by Gasteiger charge is -2.01. The Labute approximate surface area is 53.7 Å². The van der Waals surface area contributed by atoms with E-state index in [0.717, 1.165) is 5.69 Å². The number of imidazole rings is 1. The van der Waals surface area contributed by atoms with Crippen molar-refractivity contribution < 1.29 is 5.11 Å². The van der Waals surface area contributed by atoms with Crippen molar-refractivity contribution in [2.24, 2.45) is 0 Å². The molecule has 0 aliphatic carbocycles. The minimum Gasteiger partial charge on any atom is -0.396 e. The lowest BCUT2D eigenvalue weighted by atomic mass is 10.1. The highest BCUT2D eigenvalue weighted by Crippen LogP contribution is 2.08. The number of aromatic nitrogens is 2. The SMILES string of the molecule is C[C@H](CO)c1cnc[nH]1. The van der Waals surface area contributed by atoms with Crippen LogP contribution in [0.3, 0.4) is 0 Å². The van der Waals surface area contributed by atoms with Crippen LogP contribution in [0.4, 0.5) is 0 Å². The minimum absolute atomic E-state index is 0.169. The highest BCUT2D eigenvalue weighted by Gasteiger charge is 2.02. The lowest BCUT2D eigenvalue weighted by Crippen LogP contribution is -1.98. The Morgan fingerprint density at radius 3 is 3.11 bits per heavy atom. The Hall–Kier alpha value is -0.830. The fourth-order valence-electron chi connectivity index (χ4n) is 0.634. The van der Waals surface area contributed by atoms with Gasteiger partial charge in [-0.1, -0.05) is 6.92 Å². The molecule has 0 aliphatic heterocycles. The number of hydrogen-bond acceptors (Lipinski definition) is 2. The normalized spacial score (nSPS) is 13.6. The second kappa shape index (κ2) is 2.64. The number of aromatic amines is 1. The Morgan fingerprint density at radius 1 is 1.89 bits per heavy atom. The summed E-state index contributed by atoms with van der Waals surface area (Å²) in [5.41, 5.74) is 0.984. The summed E-state index contributed by atoms with van der Waals surface area (Å²) in [6.07, 6.45) is 3.34. The van der Waals surface area contributed by atoms with Gasteiger partial charge in [-0.3, -0.25) is 0 Å². The molecule has 1 aromatic heterocycles. The van der Waals surface area contributed by atoms with Gasteiger partial charge in [0, 0.05) is 17.8 Å². The van der Waals surface area contributed by atoms with E-state index in [-0.39, 0.29) is 12.5 Å². The van der Waals surface area contributed by atoms with Crippen LogP contribution in [0, 0.1) is 0 Å². The van der Waals surface area contributed by atoms with E-state index in [2.05, 4.69) is 9.97 Å². The standard InChI is InChI=1S/C6H10N2O/c1-5(3-9)6-2-7-4-8-6/h2,4-5,9H,3H2,1H3,(H,7,8)/t5-/m1/s1. The summed E-state index contributed by atoms with van der Waals surface area (Å²) in [7, 11) is 0. The molecule has 0 aliphatic rings. The van der Waals surface area contributed by atoms with Crippen molar-refractivity contribution in [1.82, 2.24) is 9.97 Å². The molecule has 0 radical (unpaired) electrons. The van der Waals surface area contributed by atoms with Gasteiger partial charge in [-0.15, -0.1) is 0 Å². The summed E-state index contributed by atoms with van der Waals surface area (Å²) in [6.45, 7) is 2.11. The smallest absolute Gasteiger partial charge is 0.0921 e. The van der Waals surface area contributed by atoms with Crippen molar-refractivity contribution in [3.63, 3.8) is 0 Å². The molecule has 0 bridgehead atoms. The van der Waals surface area contributed by atoms with Crippen LogP contribution >= 0.6 is 0 Å². The molecule has 0 aromatic carbocycles. The minimum atomic E-state index is 0.169. The third-order valence-corrected chi connectivity index (χ3v) is 1.32. The van der Waals surface area contributed by atoms with E-state index in [1.54, 1.807) is 12.5 Å². The Balaban J connectivity index is 2.65. The molecule has 9 heavy (non-hydrogen) atoms. The van der Waals surface area contributed by atoms with Crippen molar-refractivity contribution in [3.8, 4) is 0 Å². The number of aliphatic hydroxyl groups excluding tert-OH is 1. The fraction of sp³-hybridized carbons (Fsp3) is 0.500. The van der Waals surface area contributed by atoms with Crippen molar-refractivity contribution >= 4 is 0 Å². The molecule has 0 spiro atoms. The first-order chi connectivity index (χ1) is 4.34. The average Bonchev–Trinajstić information content (AvgIpc) is 2.37. The Bertz CT molecular complexity index is 160. The number of H-pyrrole nitrogens is 1. The van der Waals surface area contributed by atoms with Crippen molar-refractivity contribution in [2.75, 3.05) is 6.61 Å². The molecule has 3 heteroatoms. The lowest BCUT2D eigenvalue weighted by molar-refractivity contribution is 0.271. The van der Waals surface area contributed by atoms with E-state index in [4.69, 9.17) is 5.11 Å². The fourth-order valence-corrected chi connectivity index (χ4v) is 0.634. The Morgan fingerprint density at radius 2 is 2.67 bits per heavy atom. The van der Waals surface area contributed by atoms with Crippen molar-refractivity contribution in [3.05, 3.63) is 18.2 Å². The van der Waals surface area contributed by atoms with Crippen LogP contribution in [-0.2, 0) is 0 Å². The maximum absolute atomic E-state index is 8.66. The van der Waals surface area contributed by atoms with E-state index in [9.17, 15) is 0 Å². The molecule has 3 nitrogen and oxygen atoms in total. The first-order valence-corrected chi connectivity index (χ1v) is 2.93. The van der Waals surface area contributed by atoms with E-state index in [1.165, 1.54) is 0 Å². The summed E-state index contributed by atoms with van der Waals surface area (Å²) in [5.74, 6) is 0.174. The molecule has 0 saturated carbocycles. The van der Waals surface area contributed by atoms with Gasteiger partial charge in [-0.25, -0.2) is 4.98 Å². The van der Waals surface area contributed by atoms with E-state index < -0.39 is 0 Å². The molecule has 50 valence electrons. The second-order valence-electron chi connectivity index (χ2n) is 2.09. The number of rotatable bonds is 2. The summed E-state index contributed by atoms with van der Waals surface area (Å²) in [5, 5.41) is 8.66. The quantitative estimate of drug-likeness (QED) is 0.606. The van der Waals surface area contributed by atoms with Gasteiger partial charge in [0.2, 0.25) is 0 Å². The van der Waals surface area contributed by atoms with Gasteiger partial charge in [0.1, 0.15) is 0 Å². The monoisotopic (exact) mass is 126 g/mol. The zero-order valence-corrected chi connectivity index (χ0v) is 5.33. The summed E-state index contributed by atoms with van der Waals surface area (Å²) < 4.78 is 0. The summed E-state index contributed by atoms with van der Waals surface area (Å²) >= 11 is 0. The van der Waals surface area contributed by atoms with Crippen LogP contribution in [0.2, 0.25) is 0 Å². The average molecular weight is 126 g/mol. The van der Waals surface area contributed by atoms with Crippen molar-refractivity contribution in [1.29, 1.82) is 0 Å². The predicted molar refractivity (Wildman–Crippen MR) is 34.1 cm³/mol. The van der Waals surface area contributed by atoms with Gasteiger partial charge in [0.05, 0.1) is 12.9 Å². The zero-order valence-electron chi connectivity index (χ0n) is 5.33. The van der Waals surface area contributed by atoms with Crippen LogP contribution in [0.5, 0.6) is 0 Å². The first-order valence-electron chi connectivity index (χ1n) is 2.93. The molecule has 1 rings (SSSR count). The summed E-state index contributed by atoms with van der Waals surface area (Å²) in [4.78, 5) is 6.74. The van der Waals surface area contributed by atoms with Crippen LogP contribution in [0.1, 0.15) is 18.5 Å². The largest absolute Gasteiger partial charge is 0.396 e. The third kappa shape index (κ3) is 1.29. The van der Waals surface area contributed by atoms with Crippen LogP contribution in [0.15, 0.2) is 12.5 Å². The number of hydrogen-bond donors (Lipinski definition) is 2. The van der Waals surface area contributed by atoms with Crippen LogP contribution in [-0.4, -0.2) is 21.7 Å². The topological polar surface area (TPSA) is 48.9 Å². The van der Waals surface area contributed by atoms with Crippen LogP contribution in [0.25, 0.3) is 0 Å². The maximum atomic E-state index is 8.66. The molecule has 0 fully saturated rings. The Kier molecular flexibility index (Phi) is 1.85. The molecule has 2 N–H and O–H groups in total. The van der Waals surface area contributed by atoms with Gasteiger partial charge in [-0.2, -0.15) is 0 Å². The number of nitrogens with one attached hydrogen (secondary N) is 1. The molecule has 0 unspecified atom stereocenters. The van der Waals surface area contributed by atoms with Crippen LogP contribution < -0.4 is 0 Å². The van der Waals surface area contributed by atoms with Gasteiger partial charge in [-0.05, 0) is 0 Å². The van der Waals surface area contributed by atoms with Gasteiger partial charge < -0.3 is 10.1 Å². The summed E-state index contributed by atoms with van der Waals surface area (Å²) in [6, 6.07) is 0. The van der Waals surface area contributed by atoms with Crippen molar-refractivity contribution in [2.45, 2.75) is 12.8 Å². The second-order valence-corrected chi connectivity index (χ2v) is 2.09. The number of nitrogens with zero attached hydrogens (tertiary/aromatic N) is 1. The number of aliphatic hydroxyl groups is 1. The molecule has 0 saturated heterocycles. The van der Waals surface area contributed by atoms with E-state index in [0.29, 0.717) is 0 Å². The van der Waals surface area contributed by atoms with Gasteiger partial charge in [0.15, 0.2) is 0 Å². The van der Waals surface area contributed by atoms with E-state index in [1.807, 2.05) is 6.92 Å². The molecular formula is C6H10N2O. The third-order valence-electron chi connectivity index (χ3n) is 1.32. The molecule has 1 heterocycles. The first kappa shape index (κ1) is 6.29. The molecular weight excluding hydrogens is 116 g/mol. The molecule has 0 amide bonds. The highest BCUT2D eigenvalue weighted by molar-refractivity contribution is 5.00. The maximum Gasteiger partial charge on any atom is 0.0921 e. The molecule has 1 aromatic rings. The van der Waals surface area contributed by atoms with E-state index >= 15 is 0 Å². The predicted octanol–water partition coefficient (Wildman–Crippen LogP) is 0.505. The van der Waals surface area contributed by atoms with Gasteiger partial charge in [0.25, 0.3) is 0 Å². The molecule has 1 atom stereocenters.